The Bertz CT molecular complexity index is 529. The quantitative estimate of drug-likeness (QED) is 0.601. The topological polar surface area (TPSA) is 56.3 Å². The molecule has 0 aliphatic carbocycles. The van der Waals surface area contributed by atoms with E-state index in [-0.39, 0.29) is 5.12 Å². The maximum atomic E-state index is 11.3. The van der Waals surface area contributed by atoms with Crippen molar-refractivity contribution in [3.05, 3.63) is 29.1 Å². The molecule has 0 N–H and O–H groups in total. The fourth-order valence-corrected chi connectivity index (χ4v) is 1.58. The Morgan fingerprint density at radius 2 is 2.22 bits per heavy atom. The molecule has 0 fully saturated rings. The van der Waals surface area contributed by atoms with Crippen LogP contribution in [0.15, 0.2) is 12.3 Å². The fraction of sp³-hybridized carbons (Fsp3) is 0.308. The van der Waals surface area contributed by atoms with Crippen molar-refractivity contribution < 1.29 is 14.3 Å². The van der Waals surface area contributed by atoms with Crippen LogP contribution in [0.5, 0.6) is 0 Å². The second-order valence-corrected chi connectivity index (χ2v) is 4.62. The van der Waals surface area contributed by atoms with Crippen LogP contribution in [0.25, 0.3) is 0 Å². The lowest BCUT2D eigenvalue weighted by atomic mass is 10.1. The van der Waals surface area contributed by atoms with Crippen LogP contribution in [-0.2, 0) is 9.53 Å². The number of thioether (sulfide) groups is 1. The summed E-state index contributed by atoms with van der Waals surface area (Å²) in [5, 5.41) is 0.0413. The third kappa shape index (κ3) is 4.22. The van der Waals surface area contributed by atoms with Crippen LogP contribution in [0.2, 0.25) is 0 Å². The van der Waals surface area contributed by atoms with Gasteiger partial charge in [0.05, 0.1) is 12.9 Å². The minimum absolute atomic E-state index is 0.0413. The summed E-state index contributed by atoms with van der Waals surface area (Å²) >= 11 is 1.16. The third-order valence-corrected chi connectivity index (χ3v) is 2.73. The second-order valence-electron chi connectivity index (χ2n) is 3.46. The molecule has 0 atom stereocenters. The average Bonchev–Trinajstić information content (AvgIpc) is 2.33. The van der Waals surface area contributed by atoms with Gasteiger partial charge in [0.15, 0.2) is 10.8 Å². The molecular weight excluding hydrogens is 250 g/mol. The van der Waals surface area contributed by atoms with Gasteiger partial charge in [-0.1, -0.05) is 23.6 Å². The maximum absolute atomic E-state index is 11.3. The molecule has 0 spiro atoms. The van der Waals surface area contributed by atoms with Crippen molar-refractivity contribution in [3.8, 4) is 11.8 Å². The van der Waals surface area contributed by atoms with E-state index in [4.69, 9.17) is 0 Å². The van der Waals surface area contributed by atoms with Gasteiger partial charge in [-0.05, 0) is 18.6 Å². The summed E-state index contributed by atoms with van der Waals surface area (Å²) in [5.41, 5.74) is 1.72. The van der Waals surface area contributed by atoms with E-state index in [2.05, 4.69) is 21.6 Å². The van der Waals surface area contributed by atoms with E-state index in [1.807, 2.05) is 0 Å². The first-order valence-corrected chi connectivity index (χ1v) is 6.20. The maximum Gasteiger partial charge on any atom is 0.356 e. The number of hydrogen-bond acceptors (Lipinski definition) is 5. The summed E-state index contributed by atoms with van der Waals surface area (Å²) in [7, 11) is 1.32. The van der Waals surface area contributed by atoms with E-state index in [0.717, 1.165) is 11.8 Å². The fourth-order valence-electron chi connectivity index (χ4n) is 1.23. The standard InChI is InChI=1S/C13H13NO3S/c1-9-7-11(5-4-6-18-10(2)15)8-14-12(9)13(16)17-3/h7-8H,6H2,1-3H3. The number of aryl methyl sites for hydroxylation is 1. The Labute approximate surface area is 110 Å². The first-order valence-electron chi connectivity index (χ1n) is 5.21. The molecule has 94 valence electrons. The van der Waals surface area contributed by atoms with Gasteiger partial charge in [-0.25, -0.2) is 9.78 Å². The Kier molecular flexibility index (Phi) is 5.40. The van der Waals surface area contributed by atoms with E-state index >= 15 is 0 Å². The monoisotopic (exact) mass is 263 g/mol. The van der Waals surface area contributed by atoms with Gasteiger partial charge in [0, 0.05) is 18.7 Å². The third-order valence-electron chi connectivity index (χ3n) is 2.04. The molecule has 0 amide bonds. The highest BCUT2D eigenvalue weighted by molar-refractivity contribution is 8.13. The number of carbonyl (C=O) groups excluding carboxylic acids is 2. The van der Waals surface area contributed by atoms with E-state index in [0.29, 0.717) is 22.6 Å². The van der Waals surface area contributed by atoms with Gasteiger partial charge in [0.1, 0.15) is 0 Å². The van der Waals surface area contributed by atoms with Crippen LogP contribution in [0.3, 0.4) is 0 Å². The van der Waals surface area contributed by atoms with Crippen molar-refractivity contribution in [1.82, 2.24) is 4.98 Å². The lowest BCUT2D eigenvalue weighted by Gasteiger charge is -2.02. The first kappa shape index (κ1) is 14.3. The van der Waals surface area contributed by atoms with Crippen molar-refractivity contribution in [2.75, 3.05) is 12.9 Å². The molecule has 1 heterocycles. The first-order chi connectivity index (χ1) is 8.54. The number of methoxy groups -OCH3 is 1. The van der Waals surface area contributed by atoms with Gasteiger partial charge < -0.3 is 4.74 Å². The molecule has 1 rings (SSSR count). The summed E-state index contributed by atoms with van der Waals surface area (Å²) in [6, 6.07) is 1.77. The van der Waals surface area contributed by atoms with Crippen molar-refractivity contribution in [2.45, 2.75) is 13.8 Å². The molecule has 1 aromatic rings. The van der Waals surface area contributed by atoms with E-state index in [9.17, 15) is 9.59 Å². The zero-order valence-electron chi connectivity index (χ0n) is 10.4. The van der Waals surface area contributed by atoms with Crippen molar-refractivity contribution in [3.63, 3.8) is 0 Å². The van der Waals surface area contributed by atoms with Crippen molar-refractivity contribution >= 4 is 22.8 Å². The summed E-state index contributed by atoms with van der Waals surface area (Å²) in [4.78, 5) is 26.0. The van der Waals surface area contributed by atoms with Crippen LogP contribution in [0.1, 0.15) is 28.5 Å². The highest BCUT2D eigenvalue weighted by Gasteiger charge is 2.10. The molecule has 18 heavy (non-hydrogen) atoms. The number of hydrogen-bond donors (Lipinski definition) is 0. The number of aromatic nitrogens is 1. The molecule has 5 heteroatoms. The SMILES string of the molecule is COC(=O)c1ncc(C#CCSC(C)=O)cc1C. The van der Waals surface area contributed by atoms with E-state index < -0.39 is 5.97 Å². The molecule has 0 radical (unpaired) electrons. The molecule has 0 bridgehead atoms. The van der Waals surface area contributed by atoms with Crippen LogP contribution in [0, 0.1) is 18.8 Å². The number of rotatable bonds is 2. The summed E-state index contributed by atoms with van der Waals surface area (Å²) in [6.07, 6.45) is 1.52. The zero-order chi connectivity index (χ0) is 13.5. The molecule has 0 saturated heterocycles. The number of ether oxygens (including phenoxy) is 1. The van der Waals surface area contributed by atoms with Crippen molar-refractivity contribution in [2.24, 2.45) is 0 Å². The van der Waals surface area contributed by atoms with Crippen LogP contribution in [-0.4, -0.2) is 28.9 Å². The molecule has 0 saturated carbocycles. The molecule has 0 aliphatic rings. The minimum atomic E-state index is -0.459. The normalized spacial score (nSPS) is 9.28. The predicted octanol–water partition coefficient (Wildman–Crippen LogP) is 1.81. The number of pyridine rings is 1. The highest BCUT2D eigenvalue weighted by Crippen LogP contribution is 2.08. The van der Waals surface area contributed by atoms with Crippen LogP contribution in [0.4, 0.5) is 0 Å². The Morgan fingerprint density at radius 3 is 2.78 bits per heavy atom. The summed E-state index contributed by atoms with van der Waals surface area (Å²) in [5.74, 6) is 5.74. The van der Waals surface area contributed by atoms with Crippen molar-refractivity contribution in [1.29, 1.82) is 0 Å². The van der Waals surface area contributed by atoms with Crippen LogP contribution >= 0.6 is 11.8 Å². The van der Waals surface area contributed by atoms with Gasteiger partial charge in [-0.3, -0.25) is 4.79 Å². The molecule has 4 nitrogen and oxygen atoms in total. The molecular formula is C13H13NO3S. The molecule has 1 aromatic heterocycles. The lowest BCUT2D eigenvalue weighted by Crippen LogP contribution is -2.06. The van der Waals surface area contributed by atoms with E-state index in [1.54, 1.807) is 13.0 Å². The van der Waals surface area contributed by atoms with Gasteiger partial charge in [-0.15, -0.1) is 0 Å². The Hall–Kier alpha value is -1.80. The lowest BCUT2D eigenvalue weighted by molar-refractivity contribution is -0.109. The van der Waals surface area contributed by atoms with Gasteiger partial charge >= 0.3 is 5.97 Å². The number of nitrogens with zero attached hydrogens (tertiary/aromatic N) is 1. The van der Waals surface area contributed by atoms with Crippen LogP contribution < -0.4 is 0 Å². The number of carbonyl (C=O) groups is 2. The van der Waals surface area contributed by atoms with E-state index in [1.165, 1.54) is 20.2 Å². The number of esters is 1. The Balaban J connectivity index is 2.78. The van der Waals surface area contributed by atoms with Gasteiger partial charge in [0.25, 0.3) is 0 Å². The molecule has 0 aliphatic heterocycles. The smallest absolute Gasteiger partial charge is 0.356 e. The molecule has 0 aromatic carbocycles. The summed E-state index contributed by atoms with van der Waals surface area (Å²) in [6.45, 7) is 3.28. The summed E-state index contributed by atoms with van der Waals surface area (Å²) < 4.78 is 4.60. The molecule has 0 unspecified atom stereocenters. The Morgan fingerprint density at radius 1 is 1.50 bits per heavy atom. The zero-order valence-corrected chi connectivity index (χ0v) is 11.3. The minimum Gasteiger partial charge on any atom is -0.464 e. The van der Waals surface area contributed by atoms with Gasteiger partial charge in [-0.2, -0.15) is 0 Å². The predicted molar refractivity (Wildman–Crippen MR) is 70.3 cm³/mol. The second kappa shape index (κ2) is 6.82. The average molecular weight is 263 g/mol. The largest absolute Gasteiger partial charge is 0.464 e. The van der Waals surface area contributed by atoms with Gasteiger partial charge in [0.2, 0.25) is 0 Å². The highest BCUT2D eigenvalue weighted by atomic mass is 32.2.